The van der Waals surface area contributed by atoms with Crippen LogP contribution in [0, 0.1) is 34.5 Å². The summed E-state index contributed by atoms with van der Waals surface area (Å²) >= 11 is 26.1. The topological polar surface area (TPSA) is 199 Å². The molecule has 0 saturated carbocycles. The van der Waals surface area contributed by atoms with Gasteiger partial charge in [-0.3, -0.25) is 34.1 Å². The van der Waals surface area contributed by atoms with Gasteiger partial charge >= 0.3 is 41.0 Å². The van der Waals surface area contributed by atoms with E-state index in [2.05, 4.69) is 181 Å². The number of hydrogen-bond acceptors (Lipinski definition) is 14. The predicted molar refractivity (Wildman–Crippen MR) is 532 cm³/mol. The van der Waals surface area contributed by atoms with Gasteiger partial charge in [-0.05, 0) is 301 Å². The molecule has 671 valence electrons. The number of aldehydes is 1. The van der Waals surface area contributed by atoms with E-state index >= 15 is 0 Å². The number of nitriles is 2. The van der Waals surface area contributed by atoms with Gasteiger partial charge in [0.2, 0.25) is 0 Å². The van der Waals surface area contributed by atoms with Crippen molar-refractivity contribution in [3.63, 3.8) is 0 Å². The van der Waals surface area contributed by atoms with Gasteiger partial charge in [0.05, 0.1) is 23.3 Å². The van der Waals surface area contributed by atoms with Gasteiger partial charge in [-0.1, -0.05) is 241 Å². The normalized spacial score (nSPS) is 13.5. The molecular weight excluding hydrogens is 1750 g/mol. The summed E-state index contributed by atoms with van der Waals surface area (Å²) < 4.78 is 0. The largest absolute Gasteiger partial charge is 1.00 e. The van der Waals surface area contributed by atoms with Gasteiger partial charge in [0, 0.05) is 119 Å². The van der Waals surface area contributed by atoms with Crippen molar-refractivity contribution in [1.82, 2.24) is 40.0 Å². The van der Waals surface area contributed by atoms with Gasteiger partial charge in [0.1, 0.15) is 6.29 Å². The van der Waals surface area contributed by atoms with Crippen LogP contribution in [0.25, 0.3) is 0 Å². The number of rotatable bonds is 24. The number of likely N-dealkylation sites (tertiary alicyclic amines) is 4. The average Bonchev–Trinajstić information content (AvgIpc) is 1.08. The van der Waals surface area contributed by atoms with E-state index in [0.717, 1.165) is 84.0 Å². The summed E-state index contributed by atoms with van der Waals surface area (Å²) in [4.78, 5) is 51.5. The maximum atomic E-state index is 13.4. The maximum Gasteiger partial charge on any atom is 1.00 e. The van der Waals surface area contributed by atoms with Crippen molar-refractivity contribution < 1.29 is 43.9 Å². The second kappa shape index (κ2) is 67.6. The van der Waals surface area contributed by atoms with Crippen molar-refractivity contribution in [3.8, 4) is 12.1 Å². The number of para-hydroxylation sites is 2. The Labute approximate surface area is 817 Å². The number of carbonyl (C=O) groups excluding carboxylic acids is 3. The molecule has 24 heteroatoms. The minimum atomic E-state index is -0.476. The van der Waals surface area contributed by atoms with E-state index in [1.165, 1.54) is 199 Å². The molecule has 17 nitrogen and oxygen atoms in total. The van der Waals surface area contributed by atoms with E-state index in [1.54, 1.807) is 36.2 Å². The second-order valence-electron chi connectivity index (χ2n) is 31.1. The fraction of sp³-hybridized carbons (Fsp3) is 0.365. The fourth-order valence-corrected chi connectivity index (χ4v) is 15.0. The van der Waals surface area contributed by atoms with Gasteiger partial charge in [-0.25, -0.2) is 4.79 Å². The van der Waals surface area contributed by atoms with E-state index in [4.69, 9.17) is 74.5 Å². The Kier molecular flexibility index (Phi) is 59.1. The first-order chi connectivity index (χ1) is 61.4. The summed E-state index contributed by atoms with van der Waals surface area (Å²) in [6, 6.07) is 87.3. The van der Waals surface area contributed by atoms with Crippen molar-refractivity contribution in [3.05, 3.63) is 349 Å². The van der Waals surface area contributed by atoms with E-state index in [-0.39, 0.29) is 44.0 Å². The van der Waals surface area contributed by atoms with Crippen molar-refractivity contribution in [2.45, 2.75) is 149 Å². The Bertz CT molecular complexity index is 4680. The summed E-state index contributed by atoms with van der Waals surface area (Å²) in [5.41, 5.74) is 22.0. The number of carbonyl (C=O) groups is 3. The molecule has 5 aliphatic heterocycles. The number of amides is 3. The van der Waals surface area contributed by atoms with Gasteiger partial charge in [-0.2, -0.15) is 10.5 Å². The van der Waals surface area contributed by atoms with Gasteiger partial charge < -0.3 is 42.9 Å². The molecule has 0 atom stereocenters. The smallest absolute Gasteiger partial charge is 0.512 e. The Balaban J connectivity index is 0.000000316. The van der Waals surface area contributed by atoms with E-state index in [0.29, 0.717) is 40.8 Å². The van der Waals surface area contributed by atoms with Gasteiger partial charge in [0.15, 0.2) is 0 Å². The number of hydrogen-bond donors (Lipinski definition) is 3. The van der Waals surface area contributed by atoms with Crippen LogP contribution in [-0.2, 0) is 64.2 Å². The molecule has 5 heterocycles. The number of alkyl halides is 1. The van der Waals surface area contributed by atoms with Gasteiger partial charge in [-0.15, -0.1) is 0 Å². The zero-order chi connectivity index (χ0) is 90.7. The molecular formula is C104H128BBrCl4N14NaO3. The SMILES string of the molecule is C1CCNC1.CCN(CC)CC.CN(C(=O)Cl)c1ccccc1.CN(C(=O)N(Cc1ccc(Cl)cc1)Cc1ccc(CN2CCCC2)cc1)c1ccccc1.Clc1ccc(CNCc2ccc(CN3CCCC3)cc2)cc1.N#Cc1ccc(CBr)cc1.N#Cc1ccc(CN2CCCC2)cc1.NCc1ccc(CN2CCCC2)cc1.O=Cc1ccc(Cl)cc1.[B].[C-]#N.[Na+]. The fourth-order valence-electron chi connectivity index (χ4n) is 14.2. The van der Waals surface area contributed by atoms with Crippen LogP contribution >= 0.6 is 62.3 Å². The van der Waals surface area contributed by atoms with Crippen LogP contribution in [0.5, 0.6) is 0 Å². The van der Waals surface area contributed by atoms with Crippen molar-refractivity contribution in [2.24, 2.45) is 5.73 Å². The van der Waals surface area contributed by atoms with Crippen LogP contribution in [0.2, 0.25) is 15.1 Å². The first-order valence-electron chi connectivity index (χ1n) is 43.9. The second-order valence-corrected chi connectivity index (χ2v) is 33.3. The molecule has 3 radical (unpaired) electrons. The minimum absolute atomic E-state index is 0. The molecule has 5 saturated heterocycles. The van der Waals surface area contributed by atoms with Crippen LogP contribution in [0.4, 0.5) is 21.0 Å². The van der Waals surface area contributed by atoms with Crippen LogP contribution in [0.15, 0.2) is 255 Å². The number of urea groups is 1. The summed E-state index contributed by atoms with van der Waals surface area (Å²) in [6.07, 6.45) is 14.3. The quantitative estimate of drug-likeness (QED) is 0.0129. The number of nitrogens with one attached hydrogen (secondary N) is 2. The third-order valence-electron chi connectivity index (χ3n) is 21.7. The van der Waals surface area contributed by atoms with E-state index in [1.807, 2.05) is 145 Å². The standard InChI is InChI=1S/C27H30ClN3O.C19H23ClN2.C12H18N2.C12H14N2.C8H6BrN.C8H8ClNO.C7H5ClO.C6H15N.C4H9N.CN.B.Na/c1-29(26-7-3-2-4-8-26)27(32)31(21-24-13-15-25(28)16-14-24)20-23-11-9-22(10-12-23)19-30-17-5-6-18-30;20-19-9-7-17(8-10-19)14-21-13-16-3-5-18(6-4-16)15-22-11-1-2-12-22;2*13-9-11-3-5-12(6-4-11)10-14-7-1-2-8-14;9-5-7-1-3-8(6-10)4-2-7;1-10(8(9)11)7-5-3-2-4-6-7;8-7-3-1-6(5-9)2-4-7;1-4-7(5-2)6-3;1-2-4-5-3-1;1-2;;/h2-4,7-16H,5-6,17-21H2,1H3;3-10,21H,1-2,11-15H2;3-6H,1-2,7-10,13H2;3-6H,1-2,7-8,10H2;1-4H,5H2;2-6H,1H3;1-5H;4-6H2,1-3H3;5H,1-4H2;;;/q;;;;;;;;;-1;;+1. The first-order valence-corrected chi connectivity index (χ1v) is 46.5. The summed E-state index contributed by atoms with van der Waals surface area (Å²) in [5.74, 6) is 0. The zero-order valence-electron chi connectivity index (χ0n) is 75.8. The van der Waals surface area contributed by atoms with Gasteiger partial charge in [0.25, 0.3) is 0 Å². The van der Waals surface area contributed by atoms with E-state index in [9.17, 15) is 14.4 Å². The molecule has 0 aromatic heterocycles. The number of nitrogens with zero attached hydrogens (tertiary/aromatic N) is 11. The number of benzene rings is 10. The molecule has 128 heavy (non-hydrogen) atoms. The summed E-state index contributed by atoms with van der Waals surface area (Å²) in [7, 11) is 3.45. The molecule has 4 N–H and O–H groups in total. The molecule has 10 aromatic carbocycles. The molecule has 15 rings (SSSR count). The molecule has 0 spiro atoms. The molecule has 5 fully saturated rings. The number of halogens is 5. The maximum absolute atomic E-state index is 13.4. The Morgan fingerprint density at radius 3 is 1.02 bits per heavy atom. The van der Waals surface area contributed by atoms with Crippen LogP contribution in [0.1, 0.15) is 162 Å². The molecule has 5 aliphatic rings. The molecule has 0 unspecified atom stereocenters. The van der Waals surface area contributed by atoms with Crippen molar-refractivity contribution in [1.29, 1.82) is 15.8 Å². The molecule has 0 bridgehead atoms. The minimum Gasteiger partial charge on any atom is -0.512 e. The van der Waals surface area contributed by atoms with Crippen LogP contribution in [-0.4, -0.2) is 155 Å². The summed E-state index contributed by atoms with van der Waals surface area (Å²) in [5, 5.41) is 32.5. The van der Waals surface area contributed by atoms with Crippen molar-refractivity contribution in [2.75, 3.05) is 109 Å². The monoisotopic (exact) mass is 1870 g/mol. The number of nitrogens with two attached hydrogens (primary N) is 1. The zero-order valence-corrected chi connectivity index (χ0v) is 82.5. The number of anilines is 2. The predicted octanol–water partition coefficient (Wildman–Crippen LogP) is 19.8. The molecule has 0 aliphatic carbocycles. The summed E-state index contributed by atoms with van der Waals surface area (Å²) in [6.45, 7) is 34.9. The average molecular weight is 1880 g/mol. The molecule has 3 amide bonds. The Hall–Kier alpha value is -8.54. The third kappa shape index (κ3) is 45.8. The Morgan fingerprint density at radius 1 is 0.438 bits per heavy atom. The molecule has 10 aromatic rings. The first kappa shape index (κ1) is 112. The van der Waals surface area contributed by atoms with Crippen LogP contribution < -0.4 is 55.7 Å². The third-order valence-corrected chi connectivity index (χ3v) is 23.3. The van der Waals surface area contributed by atoms with Crippen molar-refractivity contribution >= 4 is 99.8 Å². The Morgan fingerprint density at radius 2 is 0.727 bits per heavy atom. The van der Waals surface area contributed by atoms with E-state index < -0.39 is 5.37 Å². The van der Waals surface area contributed by atoms with Crippen LogP contribution in [0.3, 0.4) is 0 Å².